The summed E-state index contributed by atoms with van der Waals surface area (Å²) in [5.41, 5.74) is 1.61. The normalized spacial score (nSPS) is 16.8. The third-order valence-electron chi connectivity index (χ3n) is 6.55. The summed E-state index contributed by atoms with van der Waals surface area (Å²) in [5, 5.41) is 7.14. The molecule has 1 unspecified atom stereocenters. The van der Waals surface area contributed by atoms with Crippen molar-refractivity contribution in [3.8, 4) is 11.5 Å². The zero-order chi connectivity index (χ0) is 27.5. The maximum atomic E-state index is 13.4. The molecule has 0 aliphatic carbocycles. The number of halogens is 1. The van der Waals surface area contributed by atoms with Crippen molar-refractivity contribution >= 4 is 62.2 Å². The Hall–Kier alpha value is -3.66. The molecule has 8 nitrogen and oxygen atoms in total. The van der Waals surface area contributed by atoms with Crippen LogP contribution in [0.1, 0.15) is 36.4 Å². The lowest BCUT2D eigenvalue weighted by Crippen LogP contribution is -2.46. The van der Waals surface area contributed by atoms with Crippen molar-refractivity contribution in [1.29, 1.82) is 0 Å². The first-order chi connectivity index (χ1) is 19.0. The third-order valence-corrected chi connectivity index (χ3v) is 7.95. The van der Waals surface area contributed by atoms with Gasteiger partial charge in [-0.1, -0.05) is 43.6 Å². The number of ether oxygens (including phenoxy) is 1. The Kier molecular flexibility index (Phi) is 8.02. The molecule has 1 atom stereocenters. The largest absolute Gasteiger partial charge is 0.457 e. The van der Waals surface area contributed by atoms with Crippen LogP contribution >= 0.6 is 22.9 Å². The molecule has 2 aliphatic rings. The third kappa shape index (κ3) is 5.43. The second-order valence-electron chi connectivity index (χ2n) is 9.19. The molecule has 4 heterocycles. The van der Waals surface area contributed by atoms with Gasteiger partial charge in [0.25, 0.3) is 5.91 Å². The summed E-state index contributed by atoms with van der Waals surface area (Å²) in [4.78, 5) is 36.0. The number of hydrogen-bond donors (Lipinski definition) is 2. The van der Waals surface area contributed by atoms with Crippen molar-refractivity contribution in [3.63, 3.8) is 0 Å². The molecule has 2 aromatic heterocycles. The summed E-state index contributed by atoms with van der Waals surface area (Å²) in [5.74, 6) is 1.05. The average Bonchev–Trinajstić information content (AvgIpc) is 3.31. The molecule has 2 N–H and O–H groups in total. The van der Waals surface area contributed by atoms with Crippen LogP contribution in [0, 0.1) is 0 Å². The number of rotatable bonds is 5. The minimum Gasteiger partial charge on any atom is -0.457 e. The van der Waals surface area contributed by atoms with Gasteiger partial charge in [0, 0.05) is 24.8 Å². The van der Waals surface area contributed by atoms with Crippen LogP contribution in [-0.2, 0) is 0 Å². The first-order valence-electron chi connectivity index (χ1n) is 13.0. The Morgan fingerprint density at radius 3 is 2.67 bits per heavy atom. The molecule has 202 valence electrons. The minimum absolute atomic E-state index is 0.0716. The number of carbonyl (C=O) groups is 2. The van der Waals surface area contributed by atoms with E-state index in [1.165, 1.54) is 16.2 Å². The Morgan fingerprint density at radius 2 is 1.92 bits per heavy atom. The SMILES string of the molecule is CC.CN1CCCC(NC(=O)c2sc3nccc4c3c2NC(=O)N4c2ccc(Oc3ccccc3)cc2Cl)C1. The first kappa shape index (κ1) is 26.9. The number of likely N-dealkylation sites (N-methyl/N-ethyl adjacent to an activating group) is 1. The summed E-state index contributed by atoms with van der Waals surface area (Å²) < 4.78 is 5.88. The molecule has 2 aliphatic heterocycles. The van der Waals surface area contributed by atoms with Crippen molar-refractivity contribution in [2.24, 2.45) is 0 Å². The number of hydrogen-bond acceptors (Lipinski definition) is 6. The maximum absolute atomic E-state index is 13.4. The summed E-state index contributed by atoms with van der Waals surface area (Å²) in [6.45, 7) is 5.83. The van der Waals surface area contributed by atoms with E-state index in [-0.39, 0.29) is 11.9 Å². The van der Waals surface area contributed by atoms with Crippen LogP contribution in [0.3, 0.4) is 0 Å². The zero-order valence-electron chi connectivity index (χ0n) is 22.0. The fourth-order valence-corrected chi connectivity index (χ4v) is 6.15. The van der Waals surface area contributed by atoms with Crippen molar-refractivity contribution in [2.75, 3.05) is 30.4 Å². The van der Waals surface area contributed by atoms with E-state index in [2.05, 4.69) is 27.6 Å². The number of nitrogens with one attached hydrogen (secondary N) is 2. The van der Waals surface area contributed by atoms with Gasteiger partial charge in [-0.3, -0.25) is 9.69 Å². The highest BCUT2D eigenvalue weighted by Crippen LogP contribution is 2.47. The Morgan fingerprint density at radius 1 is 1.13 bits per heavy atom. The topological polar surface area (TPSA) is 86.8 Å². The Bertz CT molecular complexity index is 1510. The number of urea groups is 1. The van der Waals surface area contributed by atoms with E-state index in [9.17, 15) is 9.59 Å². The molecule has 3 amide bonds. The van der Waals surface area contributed by atoms with Crippen molar-refractivity contribution in [3.05, 3.63) is 70.7 Å². The van der Waals surface area contributed by atoms with E-state index in [0.29, 0.717) is 43.3 Å². The summed E-state index contributed by atoms with van der Waals surface area (Å²) in [6.07, 6.45) is 3.61. The molecular weight excluding hydrogens is 534 g/mol. The number of likely N-dealkylation sites (tertiary alicyclic amines) is 1. The van der Waals surface area contributed by atoms with Gasteiger partial charge in [0.2, 0.25) is 0 Å². The van der Waals surface area contributed by atoms with Gasteiger partial charge in [-0.2, -0.15) is 0 Å². The van der Waals surface area contributed by atoms with Crippen molar-refractivity contribution < 1.29 is 14.3 Å². The minimum atomic E-state index is -0.400. The molecule has 2 aromatic carbocycles. The Balaban J connectivity index is 0.00000151. The number of nitrogens with zero attached hydrogens (tertiary/aromatic N) is 3. The molecule has 39 heavy (non-hydrogen) atoms. The van der Waals surface area contributed by atoms with Crippen molar-refractivity contribution in [2.45, 2.75) is 32.7 Å². The predicted molar refractivity (Wildman–Crippen MR) is 158 cm³/mol. The second-order valence-corrected chi connectivity index (χ2v) is 10.6. The summed E-state index contributed by atoms with van der Waals surface area (Å²) >= 11 is 7.93. The van der Waals surface area contributed by atoms with Crippen LogP contribution in [0.15, 0.2) is 60.8 Å². The first-order valence-corrected chi connectivity index (χ1v) is 14.2. The summed E-state index contributed by atoms with van der Waals surface area (Å²) in [6, 6.07) is 16.0. The van der Waals surface area contributed by atoms with Gasteiger partial charge in [0.05, 0.1) is 27.5 Å². The zero-order valence-corrected chi connectivity index (χ0v) is 23.6. The van der Waals surface area contributed by atoms with Crippen LogP contribution in [0.4, 0.5) is 21.9 Å². The van der Waals surface area contributed by atoms with E-state index in [0.717, 1.165) is 31.3 Å². The maximum Gasteiger partial charge on any atom is 0.331 e. The molecule has 0 spiro atoms. The number of thiophene rings is 1. The number of benzene rings is 2. The fourth-order valence-electron chi connectivity index (χ4n) is 4.88. The number of piperidine rings is 1. The van der Waals surface area contributed by atoms with E-state index in [4.69, 9.17) is 16.3 Å². The number of carbonyl (C=O) groups excluding carboxylic acids is 2. The molecule has 0 saturated carbocycles. The number of aromatic nitrogens is 1. The lowest BCUT2D eigenvalue weighted by molar-refractivity contribution is 0.0917. The standard InChI is InChI=1S/C27H24ClN5O3S.C2H6/c1-32-13-5-6-16(15-32)30-25(34)24-23-22-21(11-12-29-26(22)37-24)33(27(35)31-23)20-10-9-18(14-19(20)28)36-17-7-3-2-4-8-17;1-2/h2-4,7-12,14,16H,5-6,13,15H2,1H3,(H,30,34)(H,31,35);1-2H3. The molecule has 4 aromatic rings. The lowest BCUT2D eigenvalue weighted by atomic mass is 10.1. The van der Waals surface area contributed by atoms with Gasteiger partial charge < -0.3 is 20.3 Å². The quantitative estimate of drug-likeness (QED) is 0.266. The van der Waals surface area contributed by atoms with Gasteiger partial charge in [0.1, 0.15) is 21.2 Å². The van der Waals surface area contributed by atoms with Gasteiger partial charge in [-0.25, -0.2) is 9.78 Å². The number of amides is 3. The van der Waals surface area contributed by atoms with Crippen molar-refractivity contribution in [1.82, 2.24) is 15.2 Å². The number of pyridine rings is 1. The van der Waals surface area contributed by atoms with Gasteiger partial charge in [0.15, 0.2) is 0 Å². The molecular formula is C29H30ClN5O3S. The molecule has 6 rings (SSSR count). The molecule has 0 bridgehead atoms. The van der Waals surface area contributed by atoms with Crippen LogP contribution in [0.5, 0.6) is 11.5 Å². The summed E-state index contributed by atoms with van der Waals surface area (Å²) in [7, 11) is 2.05. The van der Waals surface area contributed by atoms with Crippen LogP contribution in [0.2, 0.25) is 5.02 Å². The second kappa shape index (κ2) is 11.6. The van der Waals surface area contributed by atoms with E-state index >= 15 is 0 Å². The smallest absolute Gasteiger partial charge is 0.331 e. The number of para-hydroxylation sites is 1. The highest BCUT2D eigenvalue weighted by atomic mass is 35.5. The number of anilines is 3. The van der Waals surface area contributed by atoms with Crippen LogP contribution in [0.25, 0.3) is 10.2 Å². The molecule has 10 heteroatoms. The molecule has 1 saturated heterocycles. The van der Waals surface area contributed by atoms with Gasteiger partial charge >= 0.3 is 6.03 Å². The van der Waals surface area contributed by atoms with E-state index in [1.54, 1.807) is 30.5 Å². The van der Waals surface area contributed by atoms with E-state index < -0.39 is 6.03 Å². The van der Waals surface area contributed by atoms with Crippen LogP contribution in [-0.4, -0.2) is 48.0 Å². The monoisotopic (exact) mass is 563 g/mol. The fraction of sp³-hybridized carbons (Fsp3) is 0.276. The average molecular weight is 564 g/mol. The highest BCUT2D eigenvalue weighted by Gasteiger charge is 2.34. The van der Waals surface area contributed by atoms with Gasteiger partial charge in [-0.15, -0.1) is 11.3 Å². The Labute approximate surface area is 236 Å². The molecule has 0 radical (unpaired) electrons. The lowest BCUT2D eigenvalue weighted by Gasteiger charge is -2.30. The van der Waals surface area contributed by atoms with E-state index in [1.807, 2.05) is 44.2 Å². The predicted octanol–water partition coefficient (Wildman–Crippen LogP) is 7.28. The molecule has 1 fully saturated rings. The van der Waals surface area contributed by atoms with Gasteiger partial charge in [-0.05, 0) is 56.8 Å². The van der Waals surface area contributed by atoms with Crippen LogP contribution < -0.4 is 20.3 Å². The highest BCUT2D eigenvalue weighted by molar-refractivity contribution is 7.21.